The van der Waals surface area contributed by atoms with Crippen molar-refractivity contribution in [3.05, 3.63) is 0 Å². The molecule has 0 aliphatic heterocycles. The number of thiocarbonyl (C=S) groups is 3. The molecule has 0 aromatic carbocycles. The van der Waals surface area contributed by atoms with Crippen molar-refractivity contribution in [2.45, 2.75) is 0 Å². The molecule has 0 bridgehead atoms. The molecule has 0 heterocycles. The van der Waals surface area contributed by atoms with Crippen LogP contribution in [0.15, 0.2) is 0 Å². The quantitative estimate of drug-likeness (QED) is 0.369. The van der Waals surface area contributed by atoms with Crippen molar-refractivity contribution in [2.75, 3.05) is 0 Å². The van der Waals surface area contributed by atoms with Crippen molar-refractivity contribution in [3.8, 4) is 0 Å². The summed E-state index contributed by atoms with van der Waals surface area (Å²) in [5, 5.41) is -0.652. The van der Waals surface area contributed by atoms with Gasteiger partial charge in [-0.1, -0.05) is 0 Å². The van der Waals surface area contributed by atoms with E-state index in [9.17, 15) is 0 Å². The zero-order valence-corrected chi connectivity index (χ0v) is 12.1. The van der Waals surface area contributed by atoms with Crippen molar-refractivity contribution < 1.29 is 8.44 Å². The number of nitrogens with two attached hydrogens (primary N) is 3. The van der Waals surface area contributed by atoms with Crippen molar-refractivity contribution in [1.82, 2.24) is 0 Å². The molecule has 6 nitrogen and oxygen atoms in total. The molecule has 6 N–H and O–H groups in total. The van der Waals surface area contributed by atoms with Gasteiger partial charge in [0.05, 0.1) is 0 Å². The Kier molecular flexibility index (Phi) is 6.39. The van der Waals surface area contributed by atoms with Gasteiger partial charge < -0.3 is 0 Å². The van der Waals surface area contributed by atoms with Crippen LogP contribution in [0.2, 0.25) is 0 Å². The van der Waals surface area contributed by atoms with Gasteiger partial charge in [-0.25, -0.2) is 0 Å². The van der Waals surface area contributed by atoms with Gasteiger partial charge in [-0.15, -0.1) is 0 Å². The molecule has 0 saturated carbocycles. The minimum absolute atomic E-state index is 0.217. The van der Waals surface area contributed by atoms with Crippen LogP contribution in [0.1, 0.15) is 0 Å². The molecule has 0 aromatic rings. The van der Waals surface area contributed by atoms with E-state index in [1.165, 1.54) is 0 Å². The predicted octanol–water partition coefficient (Wildman–Crippen LogP) is -1.25. The second-order valence-electron chi connectivity index (χ2n) is 1.45. The van der Waals surface area contributed by atoms with Gasteiger partial charge >= 0.3 is 101 Å². The summed E-state index contributed by atoms with van der Waals surface area (Å²) in [5.74, 6) is 0. The van der Waals surface area contributed by atoms with Gasteiger partial charge in [-0.3, -0.25) is 0 Å². The SMILES string of the molecule is NC(=S)[O][Bi]([O]C(N)=S)[O]C(N)=S. The molecule has 0 rings (SSSR count). The van der Waals surface area contributed by atoms with Crippen LogP contribution in [0.5, 0.6) is 0 Å². The average Bonchev–Trinajstić information content (AvgIpc) is 1.80. The Bertz CT molecular complexity index is 199. The molecule has 0 aliphatic rings. The van der Waals surface area contributed by atoms with E-state index >= 15 is 0 Å². The summed E-state index contributed by atoms with van der Waals surface area (Å²) in [6.45, 7) is 0. The van der Waals surface area contributed by atoms with E-state index < -0.39 is 23.1 Å². The molecule has 0 aliphatic carbocycles. The minimum atomic E-state index is -3.34. The van der Waals surface area contributed by atoms with Gasteiger partial charge in [0.15, 0.2) is 0 Å². The van der Waals surface area contributed by atoms with E-state index in [0.29, 0.717) is 0 Å². The summed E-state index contributed by atoms with van der Waals surface area (Å²) in [4.78, 5) is 0. The summed E-state index contributed by atoms with van der Waals surface area (Å²) < 4.78 is 14.4. The first kappa shape index (κ1) is 13.0. The van der Waals surface area contributed by atoms with E-state index in [4.69, 9.17) is 25.6 Å². The van der Waals surface area contributed by atoms with Crippen LogP contribution in [0.25, 0.3) is 0 Å². The van der Waals surface area contributed by atoms with Crippen molar-refractivity contribution in [1.29, 1.82) is 0 Å². The van der Waals surface area contributed by atoms with E-state index in [1.807, 2.05) is 0 Å². The topological polar surface area (TPSA) is 106 Å². The molecule has 0 saturated heterocycles. The molecule has 0 aromatic heterocycles. The number of rotatable bonds is 3. The van der Waals surface area contributed by atoms with E-state index in [1.54, 1.807) is 0 Å². The third kappa shape index (κ3) is 8.29. The Labute approximate surface area is 100 Å². The fourth-order valence-corrected chi connectivity index (χ4v) is 4.03. The van der Waals surface area contributed by atoms with E-state index in [0.717, 1.165) is 0 Å². The van der Waals surface area contributed by atoms with Gasteiger partial charge in [-0.05, 0) is 0 Å². The van der Waals surface area contributed by atoms with Crippen LogP contribution in [-0.4, -0.2) is 38.6 Å². The summed E-state index contributed by atoms with van der Waals surface area (Å²) in [5.41, 5.74) is 15.2. The Morgan fingerprint density at radius 2 is 1.00 bits per heavy atom. The average molecular weight is 437 g/mol. The monoisotopic (exact) mass is 437 g/mol. The Morgan fingerprint density at radius 1 is 0.769 bits per heavy atom. The van der Waals surface area contributed by atoms with Gasteiger partial charge in [0, 0.05) is 0 Å². The van der Waals surface area contributed by atoms with Crippen LogP contribution in [0.4, 0.5) is 0 Å². The molecular weight excluding hydrogens is 431 g/mol. The summed E-state index contributed by atoms with van der Waals surface area (Å²) in [6, 6.07) is 0. The predicted molar refractivity (Wildman–Crippen MR) is 59.4 cm³/mol. The van der Waals surface area contributed by atoms with Gasteiger partial charge in [0.1, 0.15) is 0 Å². The third-order valence-electron chi connectivity index (χ3n) is 0.494. The molecule has 0 amide bonds. The molecular formula is C3H6BiN3O3S3. The fourth-order valence-electron chi connectivity index (χ4n) is 0.276. The summed E-state index contributed by atoms with van der Waals surface area (Å²) in [6.07, 6.45) is 0. The van der Waals surface area contributed by atoms with Crippen LogP contribution in [0, 0.1) is 0 Å². The Balaban J connectivity index is 4.10. The molecule has 0 atom stereocenters. The maximum absolute atomic E-state index is 5.08. The molecule has 0 fully saturated rings. The van der Waals surface area contributed by atoms with Crippen LogP contribution < -0.4 is 17.2 Å². The van der Waals surface area contributed by atoms with Crippen molar-refractivity contribution >= 4 is 75.2 Å². The van der Waals surface area contributed by atoms with E-state index in [2.05, 4.69) is 36.7 Å². The molecule has 74 valence electrons. The summed E-state index contributed by atoms with van der Waals surface area (Å²) in [7, 11) is 0. The standard InChI is InChI=1S/3CH3NOS.Bi/c3*2-1(3)4;/h3*(H3,2,3,4);/q;;;+3/p-3. The van der Waals surface area contributed by atoms with E-state index in [-0.39, 0.29) is 15.5 Å². The fraction of sp³-hybridized carbons (Fsp3) is 0. The van der Waals surface area contributed by atoms with Crippen molar-refractivity contribution in [3.63, 3.8) is 0 Å². The van der Waals surface area contributed by atoms with Gasteiger partial charge in [-0.2, -0.15) is 0 Å². The second-order valence-corrected chi connectivity index (χ2v) is 6.53. The van der Waals surface area contributed by atoms with Crippen LogP contribution >= 0.6 is 36.7 Å². The third-order valence-corrected chi connectivity index (χ3v) is 6.29. The first-order valence-corrected chi connectivity index (χ1v) is 8.12. The molecule has 0 unspecified atom stereocenters. The van der Waals surface area contributed by atoms with Crippen LogP contribution in [-0.2, 0) is 8.44 Å². The van der Waals surface area contributed by atoms with Crippen LogP contribution in [0.3, 0.4) is 0 Å². The zero-order chi connectivity index (χ0) is 10.4. The number of hydrogen-bond donors (Lipinski definition) is 3. The first-order chi connectivity index (χ1) is 5.91. The number of hydrogen-bond acceptors (Lipinski definition) is 6. The normalized spacial score (nSPS) is 9.00. The first-order valence-electron chi connectivity index (χ1n) is 2.64. The van der Waals surface area contributed by atoms with Crippen molar-refractivity contribution in [2.24, 2.45) is 17.2 Å². The van der Waals surface area contributed by atoms with Gasteiger partial charge in [0.25, 0.3) is 0 Å². The molecule has 13 heavy (non-hydrogen) atoms. The molecule has 0 spiro atoms. The second kappa shape index (κ2) is 6.41. The Hall–Kier alpha value is -0.0469. The summed E-state index contributed by atoms with van der Waals surface area (Å²) >= 11 is 10.0. The van der Waals surface area contributed by atoms with Gasteiger partial charge in [0.2, 0.25) is 0 Å². The molecule has 0 radical (unpaired) electrons. The Morgan fingerprint density at radius 3 is 1.15 bits per heavy atom. The zero-order valence-electron chi connectivity index (χ0n) is 6.13. The molecule has 10 heteroatoms. The maximum atomic E-state index is 5.08.